The molecular weight excluding hydrogens is 326 g/mol. The Morgan fingerprint density at radius 3 is 2.58 bits per heavy atom. The summed E-state index contributed by atoms with van der Waals surface area (Å²) in [7, 11) is 1.79. The van der Waals surface area contributed by atoms with E-state index in [9.17, 15) is 4.79 Å². The smallest absolute Gasteiger partial charge is 0.253 e. The third kappa shape index (κ3) is 4.51. The van der Waals surface area contributed by atoms with Crippen LogP contribution in [0.15, 0.2) is 67.0 Å². The molecular formula is C21H23N3O2. The molecule has 0 bridgehead atoms. The van der Waals surface area contributed by atoms with Gasteiger partial charge in [-0.2, -0.15) is 5.10 Å². The van der Waals surface area contributed by atoms with E-state index in [-0.39, 0.29) is 5.91 Å². The van der Waals surface area contributed by atoms with Crippen molar-refractivity contribution < 1.29 is 9.53 Å². The first-order chi connectivity index (χ1) is 12.6. The molecule has 2 aromatic carbocycles. The zero-order chi connectivity index (χ0) is 18.4. The highest BCUT2D eigenvalue weighted by Crippen LogP contribution is 2.16. The van der Waals surface area contributed by atoms with E-state index in [1.807, 2.05) is 72.4 Å². The second-order valence-electron chi connectivity index (χ2n) is 6.24. The van der Waals surface area contributed by atoms with E-state index < -0.39 is 0 Å². The third-order valence-corrected chi connectivity index (χ3v) is 4.23. The molecule has 0 aliphatic rings. The summed E-state index contributed by atoms with van der Waals surface area (Å²) in [6, 6.07) is 17.4. The molecule has 0 unspecified atom stereocenters. The Morgan fingerprint density at radius 2 is 1.88 bits per heavy atom. The summed E-state index contributed by atoms with van der Waals surface area (Å²) >= 11 is 0. The molecule has 0 aliphatic carbocycles. The lowest BCUT2D eigenvalue weighted by atomic mass is 10.1. The predicted octanol–water partition coefficient (Wildman–Crippen LogP) is 3.39. The van der Waals surface area contributed by atoms with Crippen molar-refractivity contribution in [3.8, 4) is 5.75 Å². The Labute approximate surface area is 153 Å². The molecule has 3 rings (SSSR count). The van der Waals surface area contributed by atoms with Crippen LogP contribution in [0.5, 0.6) is 5.75 Å². The molecule has 0 radical (unpaired) electrons. The summed E-state index contributed by atoms with van der Waals surface area (Å²) in [5.74, 6) is 0.848. The van der Waals surface area contributed by atoms with Gasteiger partial charge in [-0.05, 0) is 42.3 Å². The molecule has 3 aromatic rings. The number of aryl methyl sites for hydroxylation is 1. The minimum absolute atomic E-state index is 0.0102. The Bertz CT molecular complexity index is 842. The van der Waals surface area contributed by atoms with Crippen molar-refractivity contribution >= 4 is 5.91 Å². The molecule has 26 heavy (non-hydrogen) atoms. The lowest BCUT2D eigenvalue weighted by Gasteiger charge is -2.18. The SMILES string of the molecule is Cc1ccccc1OCCN(C)C(=O)c1ccc(Cn2cccn2)cc1. The number of nitrogens with zero attached hydrogens (tertiary/aromatic N) is 3. The van der Waals surface area contributed by atoms with Gasteiger partial charge in [0.2, 0.25) is 0 Å². The van der Waals surface area contributed by atoms with Crippen LogP contribution >= 0.6 is 0 Å². The summed E-state index contributed by atoms with van der Waals surface area (Å²) in [4.78, 5) is 14.2. The van der Waals surface area contributed by atoms with Gasteiger partial charge in [0.15, 0.2) is 0 Å². The highest BCUT2D eigenvalue weighted by Gasteiger charge is 2.12. The number of hydrogen-bond donors (Lipinski definition) is 0. The van der Waals surface area contributed by atoms with Gasteiger partial charge >= 0.3 is 0 Å². The van der Waals surface area contributed by atoms with Gasteiger partial charge in [-0.1, -0.05) is 30.3 Å². The Balaban J connectivity index is 1.52. The van der Waals surface area contributed by atoms with E-state index >= 15 is 0 Å². The van der Waals surface area contributed by atoms with Crippen LogP contribution in [0.25, 0.3) is 0 Å². The van der Waals surface area contributed by atoms with Gasteiger partial charge in [-0.25, -0.2) is 0 Å². The summed E-state index contributed by atoms with van der Waals surface area (Å²) in [5, 5.41) is 4.19. The molecule has 1 heterocycles. The number of hydrogen-bond acceptors (Lipinski definition) is 3. The predicted molar refractivity (Wildman–Crippen MR) is 101 cm³/mol. The van der Waals surface area contributed by atoms with Crippen molar-refractivity contribution in [3.63, 3.8) is 0 Å². The number of rotatable bonds is 7. The van der Waals surface area contributed by atoms with Crippen LogP contribution in [0.3, 0.4) is 0 Å². The number of benzene rings is 2. The van der Waals surface area contributed by atoms with E-state index in [1.165, 1.54) is 0 Å². The van der Waals surface area contributed by atoms with Crippen LogP contribution in [0.1, 0.15) is 21.5 Å². The number of amides is 1. The molecule has 0 N–H and O–H groups in total. The largest absolute Gasteiger partial charge is 0.491 e. The zero-order valence-corrected chi connectivity index (χ0v) is 15.1. The van der Waals surface area contributed by atoms with E-state index in [2.05, 4.69) is 5.10 Å². The second kappa shape index (κ2) is 8.34. The average Bonchev–Trinajstić information content (AvgIpc) is 3.16. The summed E-state index contributed by atoms with van der Waals surface area (Å²) in [5.41, 5.74) is 2.87. The van der Waals surface area contributed by atoms with Gasteiger partial charge in [0, 0.05) is 25.0 Å². The van der Waals surface area contributed by atoms with Crippen molar-refractivity contribution in [1.29, 1.82) is 0 Å². The lowest BCUT2D eigenvalue weighted by Crippen LogP contribution is -2.30. The van der Waals surface area contributed by atoms with Crippen LogP contribution in [-0.2, 0) is 6.54 Å². The molecule has 134 valence electrons. The van der Waals surface area contributed by atoms with E-state index in [0.717, 1.165) is 16.9 Å². The zero-order valence-electron chi connectivity index (χ0n) is 15.1. The number of aromatic nitrogens is 2. The second-order valence-corrected chi connectivity index (χ2v) is 6.24. The monoisotopic (exact) mass is 349 g/mol. The Hall–Kier alpha value is -3.08. The molecule has 1 amide bonds. The standard InChI is InChI=1S/C21H23N3O2/c1-17-6-3-4-7-20(17)26-15-14-23(2)21(25)19-10-8-18(9-11-19)16-24-13-5-12-22-24/h3-13H,14-16H2,1-2H3. The van der Waals surface area contributed by atoms with Crippen LogP contribution in [0, 0.1) is 6.92 Å². The van der Waals surface area contributed by atoms with Crippen LogP contribution in [0.4, 0.5) is 0 Å². The average molecular weight is 349 g/mol. The molecule has 0 saturated carbocycles. The summed E-state index contributed by atoms with van der Waals surface area (Å²) < 4.78 is 7.62. The minimum Gasteiger partial charge on any atom is -0.491 e. The van der Waals surface area contributed by atoms with Gasteiger partial charge in [-0.15, -0.1) is 0 Å². The first-order valence-corrected chi connectivity index (χ1v) is 8.64. The highest BCUT2D eigenvalue weighted by atomic mass is 16.5. The van der Waals surface area contributed by atoms with Gasteiger partial charge in [0.25, 0.3) is 5.91 Å². The number of carbonyl (C=O) groups excluding carboxylic acids is 1. The fourth-order valence-electron chi connectivity index (χ4n) is 2.67. The normalized spacial score (nSPS) is 10.5. The molecule has 0 spiro atoms. The van der Waals surface area contributed by atoms with Crippen molar-refractivity contribution in [3.05, 3.63) is 83.7 Å². The van der Waals surface area contributed by atoms with Crippen LogP contribution in [0.2, 0.25) is 0 Å². The van der Waals surface area contributed by atoms with Crippen LogP contribution in [-0.4, -0.2) is 40.8 Å². The van der Waals surface area contributed by atoms with Gasteiger partial charge < -0.3 is 9.64 Å². The molecule has 0 fully saturated rings. The van der Waals surface area contributed by atoms with Crippen molar-refractivity contribution in [1.82, 2.24) is 14.7 Å². The Morgan fingerprint density at radius 1 is 1.12 bits per heavy atom. The van der Waals surface area contributed by atoms with Crippen molar-refractivity contribution in [2.75, 3.05) is 20.2 Å². The van der Waals surface area contributed by atoms with E-state index in [1.54, 1.807) is 18.1 Å². The Kier molecular flexibility index (Phi) is 5.69. The third-order valence-electron chi connectivity index (χ3n) is 4.23. The quantitative estimate of drug-likeness (QED) is 0.657. The molecule has 5 heteroatoms. The van der Waals surface area contributed by atoms with Gasteiger partial charge in [0.05, 0.1) is 13.1 Å². The fourth-order valence-corrected chi connectivity index (χ4v) is 2.67. The summed E-state index contributed by atoms with van der Waals surface area (Å²) in [6.07, 6.45) is 3.67. The maximum Gasteiger partial charge on any atom is 0.253 e. The van der Waals surface area contributed by atoms with Crippen molar-refractivity contribution in [2.24, 2.45) is 0 Å². The maximum absolute atomic E-state index is 12.5. The first kappa shape index (κ1) is 17.7. The fraction of sp³-hybridized carbons (Fsp3) is 0.238. The number of para-hydroxylation sites is 1. The van der Waals surface area contributed by atoms with Gasteiger partial charge in [-0.3, -0.25) is 9.48 Å². The highest BCUT2D eigenvalue weighted by molar-refractivity contribution is 5.94. The van der Waals surface area contributed by atoms with E-state index in [0.29, 0.717) is 25.3 Å². The molecule has 0 saturated heterocycles. The van der Waals surface area contributed by atoms with Crippen LogP contribution < -0.4 is 4.74 Å². The molecule has 0 atom stereocenters. The molecule has 1 aromatic heterocycles. The summed E-state index contributed by atoms with van der Waals surface area (Å²) in [6.45, 7) is 3.70. The molecule has 5 nitrogen and oxygen atoms in total. The number of carbonyl (C=O) groups is 1. The number of likely N-dealkylation sites (N-methyl/N-ethyl adjacent to an activating group) is 1. The number of ether oxygens (including phenoxy) is 1. The maximum atomic E-state index is 12.5. The topological polar surface area (TPSA) is 47.4 Å². The first-order valence-electron chi connectivity index (χ1n) is 8.64. The lowest BCUT2D eigenvalue weighted by molar-refractivity contribution is 0.0773. The molecule has 0 aliphatic heterocycles. The minimum atomic E-state index is -0.0102. The van der Waals surface area contributed by atoms with Gasteiger partial charge in [0.1, 0.15) is 12.4 Å². The van der Waals surface area contributed by atoms with E-state index in [4.69, 9.17) is 4.74 Å². The van der Waals surface area contributed by atoms with Crippen molar-refractivity contribution in [2.45, 2.75) is 13.5 Å².